The molecule has 34 heavy (non-hydrogen) atoms. The van der Waals surface area contributed by atoms with E-state index in [4.69, 9.17) is 5.73 Å². The molecule has 0 aliphatic heterocycles. The molecule has 0 aromatic heterocycles. The van der Waals surface area contributed by atoms with Gasteiger partial charge in [-0.1, -0.05) is 6.07 Å². The average Bonchev–Trinajstić information content (AvgIpc) is 2.73. The van der Waals surface area contributed by atoms with E-state index in [1.807, 2.05) is 0 Å². The topological polar surface area (TPSA) is 191 Å². The summed E-state index contributed by atoms with van der Waals surface area (Å²) < 4.78 is 0. The van der Waals surface area contributed by atoms with Gasteiger partial charge in [-0.05, 0) is 55.2 Å². The van der Waals surface area contributed by atoms with E-state index in [1.165, 1.54) is 31.1 Å². The number of carbonyl (C=O) groups excluding carboxylic acids is 3. The maximum Gasteiger partial charge on any atom is 0.255 e. The smallest absolute Gasteiger partial charge is 0.255 e. The number of primary amides is 1. The first-order chi connectivity index (χ1) is 15.4. The van der Waals surface area contributed by atoms with Crippen LogP contribution in [0.3, 0.4) is 0 Å². The number of amides is 1. The molecule has 0 radical (unpaired) electrons. The van der Waals surface area contributed by atoms with E-state index in [9.17, 15) is 39.7 Å². The molecule has 0 fully saturated rings. The van der Waals surface area contributed by atoms with Crippen LogP contribution >= 0.6 is 12.4 Å². The van der Waals surface area contributed by atoms with Crippen LogP contribution in [-0.4, -0.2) is 68.5 Å². The first-order valence-corrected chi connectivity index (χ1v) is 9.94. The lowest BCUT2D eigenvalue weighted by Gasteiger charge is -2.47. The Balaban J connectivity index is 0.00000324. The standard InChI is InChI=1S/C22H21N3O8.ClH/c1-7-8-4-5-11(24-33)16(26)12(8)17(27)13-9(7)6-10-15(25(2)3)18(28)14(21(23)31)20(30)22(10,32)19(13)29;/h4-5,10,15,26-27,30,32H,6H2,1-3H3,(H2,23,31);1H/t10-,15-,22-;/m0./s1. The molecular formula is C22H22ClN3O8. The number of aliphatic hydroxyl groups is 2. The number of Topliss-reactive ketones (excluding diaryl/α,β-unsaturated/α-hetero) is 2. The molecule has 4 rings (SSSR count). The van der Waals surface area contributed by atoms with Crippen LogP contribution in [0.1, 0.15) is 21.5 Å². The number of aliphatic hydroxyl groups excluding tert-OH is 1. The second-order valence-electron chi connectivity index (χ2n) is 8.54. The van der Waals surface area contributed by atoms with Crippen molar-refractivity contribution in [3.8, 4) is 11.5 Å². The van der Waals surface area contributed by atoms with Crippen molar-refractivity contribution < 1.29 is 34.8 Å². The van der Waals surface area contributed by atoms with Crippen molar-refractivity contribution in [3.05, 3.63) is 45.1 Å². The monoisotopic (exact) mass is 491 g/mol. The van der Waals surface area contributed by atoms with Gasteiger partial charge in [0.15, 0.2) is 17.1 Å². The zero-order valence-corrected chi connectivity index (χ0v) is 19.1. The summed E-state index contributed by atoms with van der Waals surface area (Å²) in [7, 11) is 3.03. The number of hydrogen-bond acceptors (Lipinski definition) is 10. The molecular weight excluding hydrogens is 470 g/mol. The number of phenolic OH excluding ortho intramolecular Hbond substituents is 2. The summed E-state index contributed by atoms with van der Waals surface area (Å²) in [4.78, 5) is 51.0. The number of aromatic hydroxyl groups is 2. The summed E-state index contributed by atoms with van der Waals surface area (Å²) in [5.74, 6) is -7.08. The number of carbonyl (C=O) groups is 3. The molecule has 0 saturated heterocycles. The Hall–Kier alpha value is -3.54. The van der Waals surface area contributed by atoms with Crippen LogP contribution in [0.25, 0.3) is 10.8 Å². The third-order valence-corrected chi connectivity index (χ3v) is 6.72. The minimum Gasteiger partial charge on any atom is -0.508 e. The Morgan fingerprint density at radius 2 is 1.79 bits per heavy atom. The Kier molecular flexibility index (Phi) is 5.94. The highest BCUT2D eigenvalue weighted by Crippen LogP contribution is 2.51. The second kappa shape index (κ2) is 8.05. The Bertz CT molecular complexity index is 1340. The van der Waals surface area contributed by atoms with Gasteiger partial charge in [0.2, 0.25) is 5.78 Å². The van der Waals surface area contributed by atoms with E-state index in [0.717, 1.165) is 0 Å². The highest BCUT2D eigenvalue weighted by molar-refractivity contribution is 6.25. The first kappa shape index (κ1) is 25.1. The fraction of sp³-hybridized carbons (Fsp3) is 0.318. The van der Waals surface area contributed by atoms with Crippen molar-refractivity contribution in [2.75, 3.05) is 14.1 Å². The summed E-state index contributed by atoms with van der Waals surface area (Å²) >= 11 is 0. The van der Waals surface area contributed by atoms with E-state index in [2.05, 4.69) is 5.18 Å². The van der Waals surface area contributed by atoms with Crippen molar-refractivity contribution in [2.45, 2.75) is 25.0 Å². The van der Waals surface area contributed by atoms with Crippen LogP contribution in [0.15, 0.2) is 28.6 Å². The molecule has 0 bridgehead atoms. The molecule has 1 amide bonds. The molecule has 2 aromatic rings. The SMILES string of the molecule is Cc1c2c(c(O)c3c(O)c(N=O)ccc13)C(=O)[C@]1(O)C(O)=C(C(N)=O)C(=O)[C@@H](N(C)C)[C@@H]1C2.Cl. The van der Waals surface area contributed by atoms with Crippen LogP contribution in [0.2, 0.25) is 0 Å². The van der Waals surface area contributed by atoms with Crippen molar-refractivity contribution in [2.24, 2.45) is 16.8 Å². The minimum absolute atomic E-state index is 0. The van der Waals surface area contributed by atoms with Gasteiger partial charge >= 0.3 is 0 Å². The number of phenols is 2. The molecule has 2 aromatic carbocycles. The highest BCUT2D eigenvalue weighted by Gasteiger charge is 2.62. The molecule has 0 heterocycles. The fourth-order valence-corrected chi connectivity index (χ4v) is 5.14. The first-order valence-electron chi connectivity index (χ1n) is 9.94. The third kappa shape index (κ3) is 2.94. The van der Waals surface area contributed by atoms with Gasteiger partial charge in [-0.3, -0.25) is 19.3 Å². The Labute approximate surface area is 198 Å². The number of likely N-dealkylation sites (N-methyl/N-ethyl adjacent to an activating group) is 1. The number of ketones is 2. The molecule has 0 spiro atoms. The number of nitrogens with two attached hydrogens (primary N) is 1. The average molecular weight is 492 g/mol. The van der Waals surface area contributed by atoms with Crippen LogP contribution < -0.4 is 5.73 Å². The molecule has 0 saturated carbocycles. The van der Waals surface area contributed by atoms with Crippen LogP contribution in [0.4, 0.5) is 5.69 Å². The molecule has 3 atom stereocenters. The summed E-state index contributed by atoms with van der Waals surface area (Å²) in [6, 6.07) is 1.52. The van der Waals surface area contributed by atoms with E-state index in [1.54, 1.807) is 6.92 Å². The normalized spacial score (nSPS) is 24.0. The Morgan fingerprint density at radius 1 is 1.18 bits per heavy atom. The fourth-order valence-electron chi connectivity index (χ4n) is 5.14. The number of fused-ring (bicyclic) bond motifs is 3. The number of benzene rings is 2. The maximum atomic E-state index is 13.7. The maximum absolute atomic E-state index is 13.7. The number of halogens is 1. The lowest BCUT2D eigenvalue weighted by molar-refractivity contribution is -0.132. The highest BCUT2D eigenvalue weighted by atomic mass is 35.5. The summed E-state index contributed by atoms with van der Waals surface area (Å²) in [6.07, 6.45) is -0.133. The number of hydrogen-bond donors (Lipinski definition) is 5. The second-order valence-corrected chi connectivity index (χ2v) is 8.54. The van der Waals surface area contributed by atoms with Gasteiger partial charge in [-0.15, -0.1) is 17.3 Å². The number of nitroso groups, excluding NO2 is 1. The van der Waals surface area contributed by atoms with Crippen LogP contribution in [0, 0.1) is 17.7 Å². The lowest BCUT2D eigenvalue weighted by atomic mass is 9.61. The minimum atomic E-state index is -2.74. The van der Waals surface area contributed by atoms with Gasteiger partial charge in [0.1, 0.15) is 22.8 Å². The van der Waals surface area contributed by atoms with Gasteiger partial charge in [-0.25, -0.2) is 0 Å². The number of rotatable bonds is 3. The summed E-state index contributed by atoms with van der Waals surface area (Å²) in [6.45, 7) is 1.62. The zero-order chi connectivity index (χ0) is 24.6. The van der Waals surface area contributed by atoms with Gasteiger partial charge in [0, 0.05) is 5.92 Å². The van der Waals surface area contributed by atoms with Gasteiger partial charge in [0.25, 0.3) is 5.91 Å². The van der Waals surface area contributed by atoms with Gasteiger partial charge in [-0.2, -0.15) is 0 Å². The molecule has 2 aliphatic rings. The quantitative estimate of drug-likeness (QED) is 0.310. The van der Waals surface area contributed by atoms with E-state index in [-0.39, 0.29) is 29.9 Å². The number of aryl methyl sites for hydroxylation is 1. The van der Waals surface area contributed by atoms with Crippen molar-refractivity contribution in [1.29, 1.82) is 0 Å². The number of nitrogens with zero attached hydrogens (tertiary/aromatic N) is 2. The third-order valence-electron chi connectivity index (χ3n) is 6.72. The summed E-state index contributed by atoms with van der Waals surface area (Å²) in [5, 5.41) is 46.5. The molecule has 6 N–H and O–H groups in total. The van der Waals surface area contributed by atoms with E-state index >= 15 is 0 Å². The lowest BCUT2D eigenvalue weighted by Crippen LogP contribution is -2.64. The Morgan fingerprint density at radius 3 is 2.32 bits per heavy atom. The molecule has 0 unspecified atom stereocenters. The largest absolute Gasteiger partial charge is 0.508 e. The predicted octanol–water partition coefficient (Wildman–Crippen LogP) is 1.28. The van der Waals surface area contributed by atoms with Crippen molar-refractivity contribution in [1.82, 2.24) is 4.90 Å². The van der Waals surface area contributed by atoms with Gasteiger partial charge in [0.05, 0.1) is 17.0 Å². The van der Waals surface area contributed by atoms with E-state index in [0.29, 0.717) is 16.5 Å². The molecule has 2 aliphatic carbocycles. The van der Waals surface area contributed by atoms with Crippen molar-refractivity contribution in [3.63, 3.8) is 0 Å². The predicted molar refractivity (Wildman–Crippen MR) is 123 cm³/mol. The molecule has 180 valence electrons. The summed E-state index contributed by atoms with van der Waals surface area (Å²) in [5.41, 5.74) is 1.61. The van der Waals surface area contributed by atoms with Gasteiger partial charge < -0.3 is 26.2 Å². The van der Waals surface area contributed by atoms with E-state index < -0.39 is 63.4 Å². The van der Waals surface area contributed by atoms with Crippen LogP contribution in [0.5, 0.6) is 11.5 Å². The van der Waals surface area contributed by atoms with Crippen LogP contribution in [-0.2, 0) is 16.0 Å². The van der Waals surface area contributed by atoms with Crippen molar-refractivity contribution >= 4 is 46.3 Å². The molecule has 12 heteroatoms. The molecule has 11 nitrogen and oxygen atoms in total. The zero-order valence-electron chi connectivity index (χ0n) is 18.3.